The fraction of sp³-hybridized carbons (Fsp3) is 0. The molecule has 0 aliphatic rings. The molecule has 0 bridgehead atoms. The molecule has 0 aromatic heterocycles. The van der Waals surface area contributed by atoms with Gasteiger partial charge in [0, 0.05) is 11.4 Å². The number of nitrogens with one attached hydrogen (secondary N) is 2. The van der Waals surface area contributed by atoms with Crippen LogP contribution in [0.3, 0.4) is 0 Å². The molecule has 0 saturated carbocycles. The molecule has 4 N–H and O–H groups in total. The molecule has 0 radical (unpaired) electrons. The van der Waals surface area contributed by atoms with E-state index in [4.69, 9.17) is 0 Å². The lowest BCUT2D eigenvalue weighted by molar-refractivity contribution is 0.101. The topological polar surface area (TPSA) is 98.7 Å². The van der Waals surface area contributed by atoms with E-state index in [0.717, 1.165) is 10.8 Å². The van der Waals surface area contributed by atoms with Crippen molar-refractivity contribution in [3.8, 4) is 11.5 Å². The largest absolute Gasteiger partial charge is 0.507 e. The van der Waals surface area contributed by atoms with Crippen LogP contribution < -0.4 is 10.6 Å². The standard InChI is InChI=1S/C28H20N2O4/c31-23-15-9-17-5-1-3-7-21(17)25(23)27(33)29-19-11-13-20(14-12-19)30-28(34)26-22-8-4-2-6-18(22)10-16-24(26)32/h1-16,31-32H,(H,29,33)(H,30,34). The summed E-state index contributed by atoms with van der Waals surface area (Å²) in [6.07, 6.45) is 0. The fourth-order valence-corrected chi connectivity index (χ4v) is 4.02. The zero-order valence-electron chi connectivity index (χ0n) is 17.9. The summed E-state index contributed by atoms with van der Waals surface area (Å²) in [5, 5.41) is 29.1. The van der Waals surface area contributed by atoms with E-state index in [1.165, 1.54) is 12.1 Å². The number of aromatic hydroxyl groups is 2. The molecule has 6 heteroatoms. The van der Waals surface area contributed by atoms with Gasteiger partial charge in [-0.2, -0.15) is 0 Å². The van der Waals surface area contributed by atoms with Crippen LogP contribution >= 0.6 is 0 Å². The number of carbonyl (C=O) groups is 2. The monoisotopic (exact) mass is 448 g/mol. The summed E-state index contributed by atoms with van der Waals surface area (Å²) in [6, 6.07) is 27.8. The zero-order chi connectivity index (χ0) is 23.7. The van der Waals surface area contributed by atoms with Gasteiger partial charge >= 0.3 is 0 Å². The number of phenols is 2. The van der Waals surface area contributed by atoms with Gasteiger partial charge in [-0.1, -0.05) is 60.7 Å². The second kappa shape index (κ2) is 8.60. The maximum Gasteiger partial charge on any atom is 0.260 e. The summed E-state index contributed by atoms with van der Waals surface area (Å²) >= 11 is 0. The molecule has 0 fully saturated rings. The first kappa shape index (κ1) is 21.0. The van der Waals surface area contributed by atoms with E-state index in [9.17, 15) is 19.8 Å². The van der Waals surface area contributed by atoms with Crippen molar-refractivity contribution in [2.75, 3.05) is 10.6 Å². The van der Waals surface area contributed by atoms with Crippen LogP contribution in [0.5, 0.6) is 11.5 Å². The first-order valence-electron chi connectivity index (χ1n) is 10.7. The van der Waals surface area contributed by atoms with Crippen molar-refractivity contribution in [1.29, 1.82) is 0 Å². The molecule has 0 atom stereocenters. The number of rotatable bonds is 4. The van der Waals surface area contributed by atoms with Crippen LogP contribution in [0.1, 0.15) is 20.7 Å². The lowest BCUT2D eigenvalue weighted by atomic mass is 10.0. The molecule has 0 aliphatic heterocycles. The third kappa shape index (κ3) is 3.89. The fourth-order valence-electron chi connectivity index (χ4n) is 4.02. The Hall–Kier alpha value is -4.84. The zero-order valence-corrected chi connectivity index (χ0v) is 17.9. The second-order valence-corrected chi connectivity index (χ2v) is 7.85. The summed E-state index contributed by atoms with van der Waals surface area (Å²) in [6.45, 7) is 0. The Bertz CT molecular complexity index is 1440. The number of hydrogen-bond acceptors (Lipinski definition) is 4. The highest BCUT2D eigenvalue weighted by atomic mass is 16.3. The molecule has 0 heterocycles. The molecule has 0 unspecified atom stereocenters. The van der Waals surface area contributed by atoms with Crippen LogP contribution in [0.4, 0.5) is 11.4 Å². The molecule has 0 aliphatic carbocycles. The van der Waals surface area contributed by atoms with Crippen LogP contribution in [0.2, 0.25) is 0 Å². The lowest BCUT2D eigenvalue weighted by Gasteiger charge is -2.12. The highest BCUT2D eigenvalue weighted by Crippen LogP contribution is 2.29. The third-order valence-corrected chi connectivity index (χ3v) is 5.67. The number of benzene rings is 5. The van der Waals surface area contributed by atoms with E-state index in [2.05, 4.69) is 10.6 Å². The van der Waals surface area contributed by atoms with Crippen molar-refractivity contribution in [3.05, 3.63) is 108 Å². The Morgan fingerprint density at radius 2 is 0.882 bits per heavy atom. The maximum atomic E-state index is 12.9. The van der Waals surface area contributed by atoms with Crippen LogP contribution in [0, 0.1) is 0 Å². The molecule has 5 aromatic rings. The van der Waals surface area contributed by atoms with E-state index in [1.807, 2.05) is 36.4 Å². The molecule has 6 nitrogen and oxygen atoms in total. The molecule has 166 valence electrons. The Balaban J connectivity index is 1.35. The Morgan fingerprint density at radius 3 is 1.29 bits per heavy atom. The van der Waals surface area contributed by atoms with Crippen LogP contribution in [-0.4, -0.2) is 22.0 Å². The van der Waals surface area contributed by atoms with Gasteiger partial charge in [0.2, 0.25) is 0 Å². The van der Waals surface area contributed by atoms with Gasteiger partial charge in [0.15, 0.2) is 0 Å². The first-order valence-corrected chi connectivity index (χ1v) is 10.7. The average molecular weight is 448 g/mol. The Labute approximate surface area is 195 Å². The van der Waals surface area contributed by atoms with Crippen LogP contribution in [0.25, 0.3) is 21.5 Å². The summed E-state index contributed by atoms with van der Waals surface area (Å²) < 4.78 is 0. The number of carbonyl (C=O) groups excluding carboxylic acids is 2. The number of phenolic OH excluding ortho intramolecular Hbond substituents is 2. The van der Waals surface area contributed by atoms with Gasteiger partial charge in [-0.15, -0.1) is 0 Å². The molecular weight excluding hydrogens is 428 g/mol. The summed E-state index contributed by atoms with van der Waals surface area (Å²) in [4.78, 5) is 25.8. The maximum absolute atomic E-state index is 12.9. The molecular formula is C28H20N2O4. The third-order valence-electron chi connectivity index (χ3n) is 5.67. The van der Waals surface area contributed by atoms with E-state index in [-0.39, 0.29) is 22.6 Å². The summed E-state index contributed by atoms with van der Waals surface area (Å²) in [5.41, 5.74) is 1.40. The van der Waals surface area contributed by atoms with E-state index in [0.29, 0.717) is 22.1 Å². The first-order chi connectivity index (χ1) is 16.5. The van der Waals surface area contributed by atoms with E-state index < -0.39 is 11.8 Å². The van der Waals surface area contributed by atoms with Crippen molar-refractivity contribution in [1.82, 2.24) is 0 Å². The van der Waals surface area contributed by atoms with Gasteiger partial charge in [-0.3, -0.25) is 9.59 Å². The SMILES string of the molecule is O=C(Nc1ccc(NC(=O)c2c(O)ccc3ccccc23)cc1)c1c(O)ccc2ccccc12. The second-order valence-electron chi connectivity index (χ2n) is 7.85. The summed E-state index contributed by atoms with van der Waals surface area (Å²) in [7, 11) is 0. The van der Waals surface area contributed by atoms with Gasteiger partial charge in [0.25, 0.3) is 11.8 Å². The predicted octanol–water partition coefficient (Wildman–Crippen LogP) is 5.91. The number of hydrogen-bond donors (Lipinski definition) is 4. The predicted molar refractivity (Wildman–Crippen MR) is 134 cm³/mol. The number of amides is 2. The number of fused-ring (bicyclic) bond motifs is 2. The van der Waals surface area contributed by atoms with Gasteiger partial charge in [-0.05, 0) is 57.9 Å². The normalized spacial score (nSPS) is 10.8. The minimum atomic E-state index is -0.438. The highest BCUT2D eigenvalue weighted by molar-refractivity contribution is 6.16. The Kier molecular flexibility index (Phi) is 5.32. The van der Waals surface area contributed by atoms with Crippen molar-refractivity contribution >= 4 is 44.7 Å². The molecule has 0 spiro atoms. The van der Waals surface area contributed by atoms with Crippen molar-refractivity contribution < 1.29 is 19.8 Å². The van der Waals surface area contributed by atoms with E-state index >= 15 is 0 Å². The van der Waals surface area contributed by atoms with Crippen LogP contribution in [0.15, 0.2) is 97.1 Å². The van der Waals surface area contributed by atoms with Crippen LogP contribution in [-0.2, 0) is 0 Å². The minimum Gasteiger partial charge on any atom is -0.507 e. The molecule has 5 rings (SSSR count). The smallest absolute Gasteiger partial charge is 0.260 e. The van der Waals surface area contributed by atoms with Gasteiger partial charge in [-0.25, -0.2) is 0 Å². The van der Waals surface area contributed by atoms with E-state index in [1.54, 1.807) is 48.5 Å². The van der Waals surface area contributed by atoms with Gasteiger partial charge in [0.1, 0.15) is 11.5 Å². The minimum absolute atomic E-state index is 0.102. The average Bonchev–Trinajstić information content (AvgIpc) is 2.85. The van der Waals surface area contributed by atoms with Crippen molar-refractivity contribution in [2.45, 2.75) is 0 Å². The van der Waals surface area contributed by atoms with Crippen molar-refractivity contribution in [2.24, 2.45) is 0 Å². The molecule has 34 heavy (non-hydrogen) atoms. The van der Waals surface area contributed by atoms with Gasteiger partial charge in [0.05, 0.1) is 11.1 Å². The molecule has 5 aromatic carbocycles. The Morgan fingerprint density at radius 1 is 0.500 bits per heavy atom. The molecule has 2 amide bonds. The molecule has 0 saturated heterocycles. The quantitative estimate of drug-likeness (QED) is 0.275. The van der Waals surface area contributed by atoms with Crippen molar-refractivity contribution in [3.63, 3.8) is 0 Å². The highest BCUT2D eigenvalue weighted by Gasteiger charge is 2.17. The van der Waals surface area contributed by atoms with Gasteiger partial charge < -0.3 is 20.8 Å². The summed E-state index contributed by atoms with van der Waals surface area (Å²) in [5.74, 6) is -1.08. The number of anilines is 2. The lowest BCUT2D eigenvalue weighted by Crippen LogP contribution is -2.14.